The van der Waals surface area contributed by atoms with E-state index in [1.54, 1.807) is 0 Å². The number of epoxide rings is 1. The molecule has 2 unspecified atom stereocenters. The van der Waals surface area contributed by atoms with Crippen LogP contribution in [0.5, 0.6) is 0 Å². The number of benzene rings is 1. The maximum atomic E-state index is 12.8. The molecule has 2 aliphatic carbocycles. The summed E-state index contributed by atoms with van der Waals surface area (Å²) >= 11 is 0. The summed E-state index contributed by atoms with van der Waals surface area (Å²) in [6, 6.07) is 8.44. The number of aryl methyl sites for hydroxylation is 1. The highest BCUT2D eigenvalue weighted by Gasteiger charge is 2.76. The Morgan fingerprint density at radius 2 is 1.77 bits per heavy atom. The van der Waals surface area contributed by atoms with E-state index in [9.17, 15) is 4.79 Å². The third-order valence-corrected chi connectivity index (χ3v) is 5.69. The molecular formula is C19H24O3. The molecule has 1 aromatic rings. The molecule has 118 valence electrons. The molecule has 1 aliphatic heterocycles. The molecular weight excluding hydrogens is 276 g/mol. The van der Waals surface area contributed by atoms with Crippen LogP contribution in [0.25, 0.3) is 0 Å². The smallest absolute Gasteiger partial charge is 0.342 e. The number of rotatable bonds is 3. The standard InChI is InChI=1S/C19H24O3/c1-14-8-10-15(11-9-14)18-12-4-5-13-19(18,22-18)17(20)21-16-6-2-3-7-16/h8-11,16H,2-7,12-13H2,1H3. The van der Waals surface area contributed by atoms with Crippen LogP contribution in [0.4, 0.5) is 0 Å². The van der Waals surface area contributed by atoms with Gasteiger partial charge in [-0.3, -0.25) is 0 Å². The SMILES string of the molecule is Cc1ccc(C23CCCCC2(C(=O)OC2CCCC2)O3)cc1. The van der Waals surface area contributed by atoms with Gasteiger partial charge < -0.3 is 9.47 Å². The molecule has 3 heteroatoms. The molecule has 2 atom stereocenters. The molecule has 1 saturated heterocycles. The van der Waals surface area contributed by atoms with Crippen LogP contribution in [0.1, 0.15) is 62.5 Å². The fourth-order valence-corrected chi connectivity index (χ4v) is 4.35. The first-order chi connectivity index (χ1) is 10.7. The van der Waals surface area contributed by atoms with E-state index in [2.05, 4.69) is 31.2 Å². The zero-order valence-electron chi connectivity index (χ0n) is 13.3. The van der Waals surface area contributed by atoms with Gasteiger partial charge in [-0.2, -0.15) is 0 Å². The van der Waals surface area contributed by atoms with Crippen LogP contribution >= 0.6 is 0 Å². The number of carbonyl (C=O) groups is 1. The Labute approximate surface area is 132 Å². The molecule has 0 radical (unpaired) electrons. The maximum absolute atomic E-state index is 12.8. The lowest BCUT2D eigenvalue weighted by Gasteiger charge is -2.25. The molecule has 3 fully saturated rings. The Hall–Kier alpha value is -1.35. The van der Waals surface area contributed by atoms with E-state index < -0.39 is 11.2 Å². The summed E-state index contributed by atoms with van der Waals surface area (Å²) in [5.41, 5.74) is 1.24. The predicted molar refractivity (Wildman–Crippen MR) is 83.5 cm³/mol. The topological polar surface area (TPSA) is 38.8 Å². The fourth-order valence-electron chi connectivity index (χ4n) is 4.35. The van der Waals surface area contributed by atoms with Gasteiger partial charge in [0.15, 0.2) is 5.60 Å². The largest absolute Gasteiger partial charge is 0.460 e. The Balaban J connectivity index is 1.59. The molecule has 0 N–H and O–H groups in total. The maximum Gasteiger partial charge on any atom is 0.342 e. The highest BCUT2D eigenvalue weighted by Crippen LogP contribution is 2.64. The summed E-state index contributed by atoms with van der Waals surface area (Å²) in [6.07, 6.45) is 8.38. The summed E-state index contributed by atoms with van der Waals surface area (Å²) in [6.45, 7) is 2.08. The van der Waals surface area contributed by atoms with Gasteiger partial charge in [-0.25, -0.2) is 4.79 Å². The summed E-state index contributed by atoms with van der Waals surface area (Å²) in [7, 11) is 0. The van der Waals surface area contributed by atoms with Crippen molar-refractivity contribution in [3.63, 3.8) is 0 Å². The summed E-state index contributed by atoms with van der Waals surface area (Å²) in [5.74, 6) is -0.111. The minimum absolute atomic E-state index is 0.111. The molecule has 1 heterocycles. The van der Waals surface area contributed by atoms with E-state index in [1.165, 1.54) is 18.4 Å². The summed E-state index contributed by atoms with van der Waals surface area (Å²) < 4.78 is 12.0. The van der Waals surface area contributed by atoms with Crippen molar-refractivity contribution < 1.29 is 14.3 Å². The number of hydrogen-bond donors (Lipinski definition) is 0. The van der Waals surface area contributed by atoms with Crippen LogP contribution in [0.15, 0.2) is 24.3 Å². The Morgan fingerprint density at radius 1 is 1.09 bits per heavy atom. The average Bonchev–Trinajstić information content (AvgIpc) is 3.00. The molecule has 22 heavy (non-hydrogen) atoms. The predicted octanol–water partition coefficient (Wildman–Crippen LogP) is 4.02. The second-order valence-electron chi connectivity index (χ2n) is 7.14. The normalized spacial score (nSPS) is 34.2. The van der Waals surface area contributed by atoms with Gasteiger partial charge in [0.25, 0.3) is 0 Å². The quantitative estimate of drug-likeness (QED) is 0.625. The highest BCUT2D eigenvalue weighted by atomic mass is 16.7. The van der Waals surface area contributed by atoms with E-state index in [4.69, 9.17) is 9.47 Å². The second kappa shape index (κ2) is 5.09. The van der Waals surface area contributed by atoms with Gasteiger partial charge in [0.2, 0.25) is 0 Å². The molecule has 0 bridgehead atoms. The number of esters is 1. The number of fused-ring (bicyclic) bond motifs is 1. The molecule has 0 amide bonds. The van der Waals surface area contributed by atoms with Crippen LogP contribution in [0.3, 0.4) is 0 Å². The number of carbonyl (C=O) groups excluding carboxylic acids is 1. The van der Waals surface area contributed by atoms with Crippen molar-refractivity contribution in [3.05, 3.63) is 35.4 Å². The van der Waals surface area contributed by atoms with Crippen LogP contribution in [-0.4, -0.2) is 17.7 Å². The number of ether oxygens (including phenoxy) is 2. The first kappa shape index (κ1) is 14.3. The van der Waals surface area contributed by atoms with Crippen LogP contribution < -0.4 is 0 Å². The summed E-state index contributed by atoms with van der Waals surface area (Å²) in [4.78, 5) is 12.8. The molecule has 0 aromatic heterocycles. The van der Waals surface area contributed by atoms with Gasteiger partial charge in [-0.1, -0.05) is 29.8 Å². The van der Waals surface area contributed by atoms with Gasteiger partial charge in [0.1, 0.15) is 11.7 Å². The average molecular weight is 300 g/mol. The highest BCUT2D eigenvalue weighted by molar-refractivity contribution is 5.86. The van der Waals surface area contributed by atoms with Crippen LogP contribution in [0, 0.1) is 6.92 Å². The van der Waals surface area contributed by atoms with Crippen molar-refractivity contribution in [3.8, 4) is 0 Å². The number of hydrogen-bond acceptors (Lipinski definition) is 3. The summed E-state index contributed by atoms with van der Waals surface area (Å²) in [5, 5.41) is 0. The van der Waals surface area contributed by atoms with Gasteiger partial charge in [0.05, 0.1) is 0 Å². The van der Waals surface area contributed by atoms with E-state index in [1.807, 2.05) is 0 Å². The van der Waals surface area contributed by atoms with Crippen LogP contribution in [-0.2, 0) is 19.9 Å². The lowest BCUT2D eigenvalue weighted by molar-refractivity contribution is -0.156. The zero-order chi connectivity index (χ0) is 15.2. The van der Waals surface area contributed by atoms with E-state index in [0.717, 1.165) is 44.1 Å². The van der Waals surface area contributed by atoms with Crippen molar-refractivity contribution in [2.45, 2.75) is 75.6 Å². The lowest BCUT2D eigenvalue weighted by Crippen LogP contribution is -2.38. The van der Waals surface area contributed by atoms with Gasteiger partial charge in [0, 0.05) is 0 Å². The fraction of sp³-hybridized carbons (Fsp3) is 0.632. The van der Waals surface area contributed by atoms with Crippen molar-refractivity contribution in [1.82, 2.24) is 0 Å². The second-order valence-corrected chi connectivity index (χ2v) is 7.14. The van der Waals surface area contributed by atoms with Crippen molar-refractivity contribution >= 4 is 5.97 Å². The van der Waals surface area contributed by atoms with Gasteiger partial charge >= 0.3 is 5.97 Å². The Kier molecular flexibility index (Phi) is 3.30. The van der Waals surface area contributed by atoms with E-state index >= 15 is 0 Å². The zero-order valence-corrected chi connectivity index (χ0v) is 13.3. The van der Waals surface area contributed by atoms with Gasteiger partial charge in [-0.05, 0) is 63.9 Å². The van der Waals surface area contributed by atoms with Crippen molar-refractivity contribution in [1.29, 1.82) is 0 Å². The Morgan fingerprint density at radius 3 is 2.50 bits per heavy atom. The molecule has 1 aromatic carbocycles. The van der Waals surface area contributed by atoms with Gasteiger partial charge in [-0.15, -0.1) is 0 Å². The van der Waals surface area contributed by atoms with E-state index in [0.29, 0.717) is 0 Å². The minimum atomic E-state index is -0.705. The van der Waals surface area contributed by atoms with E-state index in [-0.39, 0.29) is 12.1 Å². The van der Waals surface area contributed by atoms with Crippen LogP contribution in [0.2, 0.25) is 0 Å². The third kappa shape index (κ3) is 2.02. The molecule has 3 aliphatic rings. The molecule has 4 rings (SSSR count). The first-order valence-corrected chi connectivity index (χ1v) is 8.65. The monoisotopic (exact) mass is 300 g/mol. The molecule has 3 nitrogen and oxygen atoms in total. The molecule has 0 spiro atoms. The molecule has 2 saturated carbocycles. The minimum Gasteiger partial charge on any atom is -0.460 e. The van der Waals surface area contributed by atoms with Crippen molar-refractivity contribution in [2.75, 3.05) is 0 Å². The lowest BCUT2D eigenvalue weighted by atomic mass is 9.75. The Bertz CT molecular complexity index is 573. The first-order valence-electron chi connectivity index (χ1n) is 8.65. The third-order valence-electron chi connectivity index (χ3n) is 5.69. The van der Waals surface area contributed by atoms with Crippen molar-refractivity contribution in [2.24, 2.45) is 0 Å².